The first-order valence-electron chi connectivity index (χ1n) is 22.4. The maximum atomic E-state index is 7.28. The van der Waals surface area contributed by atoms with Crippen molar-refractivity contribution in [1.82, 2.24) is 15.0 Å². The van der Waals surface area contributed by atoms with Crippen LogP contribution in [-0.2, 0) is 0 Å². The van der Waals surface area contributed by atoms with Gasteiger partial charge in [0, 0.05) is 26.1 Å². The Morgan fingerprint density at radius 3 is 0.590 bits per heavy atom. The van der Waals surface area contributed by atoms with Crippen LogP contribution in [0.1, 0.15) is 0 Å². The van der Waals surface area contributed by atoms with Gasteiger partial charge in [-0.25, -0.2) is 15.0 Å². The summed E-state index contributed by atoms with van der Waals surface area (Å²) in [6.45, 7) is 0. The fraction of sp³-hybridized carbons (Fsp3) is 0. The Morgan fingerprint density at radius 2 is 0.308 bits per heavy atom. The highest BCUT2D eigenvalue weighted by Gasteiger charge is 2.30. The molecule has 0 fully saturated rings. The van der Waals surface area contributed by atoms with Gasteiger partial charge in [0.15, 0.2) is 17.5 Å². The van der Waals surface area contributed by atoms with Gasteiger partial charge >= 0.3 is 0 Å². The summed E-state index contributed by atoms with van der Waals surface area (Å²) in [5.41, 5.74) is -4.98. The average Bonchev–Trinajstić information content (AvgIpc) is 3.83. The minimum Gasteiger partial charge on any atom is -0.208 e. The molecule has 0 N–H and O–H groups in total. The minimum atomic E-state index is -0.371. The Hall–Kier alpha value is -4.35. The number of nitrogens with zero attached hydrogens (tertiary/aromatic N) is 3. The van der Waals surface area contributed by atoms with E-state index in [1.54, 1.807) is 0 Å². The van der Waals surface area contributed by atoms with Gasteiger partial charge in [-0.05, 0) is 44.2 Å². The first-order valence-corrected chi connectivity index (χ1v) is 23.2. The number of aromatic nitrogens is 3. The van der Waals surface area contributed by atoms with Crippen molar-refractivity contribution in [3.05, 3.63) is 0 Å². The maximum absolute atomic E-state index is 7.28. The molecule has 0 bridgehead atoms. The molecule has 33 heteroatoms. The van der Waals surface area contributed by atoms with E-state index in [0.29, 0.717) is 4.70 Å². The number of rotatable bonds is 6. The molecule has 9 rings (SSSR count). The van der Waals surface area contributed by atoms with Crippen molar-refractivity contribution in [3.63, 3.8) is 0 Å². The highest BCUT2D eigenvalue weighted by molar-refractivity contribution is 7.27. The standard InChI is InChI=1S/C45B29N3S/c46-12-3(5-20(54)30(64)22(56)7-8-23(57)31(65)21(55)6(42(8)78-41(5)7)4-18(52)34(68)39(73)35(69)19(4)53)17(51)29(63)26(60)9(12)43-75-44(77-45(76-43)11-27(61)36(70)40(74)37(71)28(11)62)10-24(58)13(47)1(14(48)25(10)59)2-15(49)32(66)38(72)33(67)16(2)50. The third-order valence-corrected chi connectivity index (χ3v) is 15.3. The number of benzene rings is 7. The lowest BCUT2D eigenvalue weighted by Gasteiger charge is -2.28. The van der Waals surface area contributed by atoms with E-state index in [2.05, 4.69) is 0 Å². The van der Waals surface area contributed by atoms with Gasteiger partial charge in [0.25, 0.3) is 0 Å². The van der Waals surface area contributed by atoms with Gasteiger partial charge in [-0.2, -0.15) is 0 Å². The van der Waals surface area contributed by atoms with Gasteiger partial charge in [0.1, 0.15) is 228 Å². The van der Waals surface area contributed by atoms with E-state index in [1.807, 2.05) is 0 Å². The van der Waals surface area contributed by atoms with E-state index < -0.39 is 0 Å². The Bertz CT molecular complexity index is 4150. The van der Waals surface area contributed by atoms with E-state index in [0.717, 1.165) is 11.3 Å². The van der Waals surface area contributed by atoms with Crippen LogP contribution in [0.15, 0.2) is 0 Å². The SMILES string of the molecule is [B]c1c([B])c([B])c(-c2nc(-c3c([B])c([B])c(-c4c([B])c([B])c([B])c([B])c4[B])c([B])c3[B])nc(-c3c([B])c([B])c([B])c(-c4c([B])c([B])c([B])c5c4sc4c(-c6c([B])c([B])c([B])c([B])c6[B])c([B])c([B])c([B])c45)c3[B])n2)c([B])c1[B]. The second-order valence-corrected chi connectivity index (χ2v) is 19.2. The summed E-state index contributed by atoms with van der Waals surface area (Å²) >= 11 is 1.03. The van der Waals surface area contributed by atoms with Crippen molar-refractivity contribution in [2.24, 2.45) is 0 Å². The quantitative estimate of drug-likeness (QED) is 0.156. The van der Waals surface area contributed by atoms with Crippen molar-refractivity contribution >= 4 is 417 Å². The van der Waals surface area contributed by atoms with Crippen LogP contribution < -0.4 is 158 Å². The first kappa shape index (κ1) is 58.3. The van der Waals surface area contributed by atoms with Gasteiger partial charge in [-0.15, -0.1) is 76.9 Å². The average molecular weight is 928 g/mol. The van der Waals surface area contributed by atoms with Gasteiger partial charge in [0.2, 0.25) is 0 Å². The van der Waals surface area contributed by atoms with Crippen molar-refractivity contribution < 1.29 is 0 Å². The van der Waals surface area contributed by atoms with Gasteiger partial charge in [-0.1, -0.05) is 92.9 Å². The summed E-state index contributed by atoms with van der Waals surface area (Å²) in [5.74, 6) is -1.07. The molecule has 0 atom stereocenters. The van der Waals surface area contributed by atoms with Crippen LogP contribution in [0.5, 0.6) is 0 Å². The summed E-state index contributed by atoms with van der Waals surface area (Å²) in [7, 11) is 192. The Balaban J connectivity index is 1.42. The van der Waals surface area contributed by atoms with Crippen LogP contribution in [0, 0.1) is 0 Å². The zero-order valence-corrected chi connectivity index (χ0v) is 41.8. The lowest BCUT2D eigenvalue weighted by molar-refractivity contribution is 1.08. The van der Waals surface area contributed by atoms with Crippen LogP contribution in [0.4, 0.5) is 0 Å². The fourth-order valence-electron chi connectivity index (χ4n) is 9.59. The molecule has 3 nitrogen and oxygen atoms in total. The lowest BCUT2D eigenvalue weighted by atomic mass is 9.56. The van der Waals surface area contributed by atoms with Crippen LogP contribution in [0.25, 0.3) is 87.7 Å². The van der Waals surface area contributed by atoms with Crippen molar-refractivity contribution in [2.75, 3.05) is 0 Å². The van der Waals surface area contributed by atoms with E-state index in [-0.39, 0.29) is 241 Å². The van der Waals surface area contributed by atoms with Crippen LogP contribution in [0.3, 0.4) is 0 Å². The summed E-state index contributed by atoms with van der Waals surface area (Å²) in [4.78, 5) is 14.3. The molecule has 0 aliphatic carbocycles. The topological polar surface area (TPSA) is 38.7 Å². The highest BCUT2D eigenvalue weighted by Crippen LogP contribution is 2.40. The maximum Gasteiger partial charge on any atom is 0.162 e. The second kappa shape index (κ2) is 20.6. The van der Waals surface area contributed by atoms with Crippen molar-refractivity contribution in [1.29, 1.82) is 0 Å². The summed E-state index contributed by atoms with van der Waals surface area (Å²) < 4.78 is 0.546. The fourth-order valence-corrected chi connectivity index (χ4v) is 11.0. The van der Waals surface area contributed by atoms with E-state index in [9.17, 15) is 0 Å². The van der Waals surface area contributed by atoms with E-state index in [1.165, 1.54) is 0 Å². The van der Waals surface area contributed by atoms with Gasteiger partial charge in [0.05, 0.1) is 0 Å². The van der Waals surface area contributed by atoms with Crippen LogP contribution in [0.2, 0.25) is 0 Å². The minimum absolute atomic E-state index is 0.0240. The molecular formula is C45B29N3S. The zero-order valence-electron chi connectivity index (χ0n) is 41.0. The Morgan fingerprint density at radius 1 is 0.154 bits per heavy atom. The lowest BCUT2D eigenvalue weighted by Crippen LogP contribution is -2.57. The Labute approximate surface area is 496 Å². The predicted molar refractivity (Wildman–Crippen MR) is 362 cm³/mol. The second-order valence-electron chi connectivity index (χ2n) is 18.2. The van der Waals surface area contributed by atoms with Crippen molar-refractivity contribution in [3.8, 4) is 67.5 Å². The summed E-state index contributed by atoms with van der Waals surface area (Å²) in [5, 5.41) is 0.436. The number of hydrogen-bond donors (Lipinski definition) is 0. The normalized spacial score (nSPS) is 11.5. The molecule has 0 spiro atoms. The highest BCUT2D eigenvalue weighted by atomic mass is 32.1. The first-order chi connectivity index (χ1) is 36.3. The molecule has 0 unspecified atom stereocenters. The molecule has 9 aromatic rings. The van der Waals surface area contributed by atoms with E-state index in [4.69, 9.17) is 242 Å². The smallest absolute Gasteiger partial charge is 0.162 e. The van der Waals surface area contributed by atoms with Crippen molar-refractivity contribution in [2.45, 2.75) is 0 Å². The molecule has 7 aromatic carbocycles. The monoisotopic (exact) mass is 933 g/mol. The molecule has 0 saturated heterocycles. The van der Waals surface area contributed by atoms with Crippen LogP contribution in [-0.4, -0.2) is 242 Å². The molecule has 0 aliphatic rings. The number of hydrogen-bond acceptors (Lipinski definition) is 4. The molecular weight excluding hydrogens is 928 g/mol. The molecule has 288 valence electrons. The molecule has 78 heavy (non-hydrogen) atoms. The van der Waals surface area contributed by atoms with Gasteiger partial charge in [-0.3, -0.25) is 0 Å². The molecule has 2 aromatic heterocycles. The number of thiophene rings is 1. The number of fused-ring (bicyclic) bond motifs is 3. The molecule has 2 heterocycles. The third-order valence-electron chi connectivity index (χ3n) is 14.1. The molecule has 0 aliphatic heterocycles. The summed E-state index contributed by atoms with van der Waals surface area (Å²) in [6, 6.07) is 0. The van der Waals surface area contributed by atoms with E-state index >= 15 is 0 Å². The molecule has 0 amide bonds. The third kappa shape index (κ3) is 8.30. The van der Waals surface area contributed by atoms with Crippen LogP contribution >= 0.6 is 11.3 Å². The Kier molecular flexibility index (Phi) is 15.4. The van der Waals surface area contributed by atoms with Gasteiger partial charge < -0.3 is 0 Å². The molecule has 0 saturated carbocycles. The zero-order chi connectivity index (χ0) is 57.8. The largest absolute Gasteiger partial charge is 0.208 e. The summed E-state index contributed by atoms with van der Waals surface area (Å²) in [6.07, 6.45) is 0. The molecule has 58 radical (unpaired) electrons. The predicted octanol–water partition coefficient (Wildman–Crippen LogP) is -22.7.